The van der Waals surface area contributed by atoms with Gasteiger partial charge >= 0.3 is 5.97 Å². The van der Waals surface area contributed by atoms with E-state index >= 15 is 0 Å². The van der Waals surface area contributed by atoms with Crippen molar-refractivity contribution in [3.05, 3.63) is 83.7 Å². The molecule has 2 aromatic carbocycles. The van der Waals surface area contributed by atoms with Crippen LogP contribution in [0.2, 0.25) is 0 Å². The highest BCUT2D eigenvalue weighted by molar-refractivity contribution is 7.99. The topological polar surface area (TPSA) is 93.6 Å². The lowest BCUT2D eigenvalue weighted by atomic mass is 9.45. The summed E-state index contributed by atoms with van der Waals surface area (Å²) in [7, 11) is 0. The van der Waals surface area contributed by atoms with E-state index in [-0.39, 0.29) is 52.5 Å². The second-order valence-corrected chi connectivity index (χ2v) is 14.9. The minimum absolute atomic E-state index is 0.0167. The molecule has 8 heteroatoms. The molecule has 0 amide bonds. The van der Waals surface area contributed by atoms with Gasteiger partial charge in [0, 0.05) is 17.2 Å². The van der Waals surface area contributed by atoms with Gasteiger partial charge in [0.2, 0.25) is 0 Å². The van der Waals surface area contributed by atoms with Crippen molar-refractivity contribution in [2.24, 2.45) is 28.6 Å². The summed E-state index contributed by atoms with van der Waals surface area (Å²) in [6.45, 7) is 4.18. The van der Waals surface area contributed by atoms with E-state index in [1.807, 2.05) is 43.3 Å². The number of benzene rings is 2. The predicted octanol–water partition coefficient (Wildman–Crippen LogP) is 7.13. The maximum Gasteiger partial charge on any atom is 0.342 e. The van der Waals surface area contributed by atoms with Gasteiger partial charge in [0.1, 0.15) is 5.82 Å². The summed E-state index contributed by atoms with van der Waals surface area (Å²) in [5.41, 5.74) is -0.922. The first-order valence-corrected chi connectivity index (χ1v) is 17.0. The SMILES string of the molecule is CC12CCC(=O)C=C1CCC1C2C(O)CC2(C)C1CC[C@]2(OC(=O)c1ccccc1F)C(=O)CSc1ccc2ccccc2n1. The zero-order chi connectivity index (χ0) is 31.6. The summed E-state index contributed by atoms with van der Waals surface area (Å²) in [6.07, 6.45) is 5.08. The summed E-state index contributed by atoms with van der Waals surface area (Å²) in [5.74, 6) is -1.56. The lowest BCUT2D eigenvalue weighted by molar-refractivity contribution is -0.180. The van der Waals surface area contributed by atoms with Crippen molar-refractivity contribution < 1.29 is 28.6 Å². The molecule has 0 aliphatic heterocycles. The number of Topliss-reactive ketones (excluding diaryl/α,β-unsaturated/α-hetero) is 1. The Balaban J connectivity index is 1.24. The second kappa shape index (κ2) is 11.2. The van der Waals surface area contributed by atoms with Crippen molar-refractivity contribution in [2.45, 2.75) is 75.5 Å². The Morgan fingerprint density at radius 1 is 1.02 bits per heavy atom. The number of aliphatic hydroxyl groups is 1. The number of carbonyl (C=O) groups is 3. The van der Waals surface area contributed by atoms with Crippen LogP contribution in [0.1, 0.15) is 69.2 Å². The fourth-order valence-corrected chi connectivity index (χ4v) is 10.4. The van der Waals surface area contributed by atoms with E-state index in [1.165, 1.54) is 30.0 Å². The number of nitrogens with zero attached hydrogens (tertiary/aromatic N) is 1. The highest BCUT2D eigenvalue weighted by Gasteiger charge is 2.70. The number of rotatable bonds is 6. The summed E-state index contributed by atoms with van der Waals surface area (Å²) < 4.78 is 21.1. The molecule has 0 bridgehead atoms. The van der Waals surface area contributed by atoms with Crippen LogP contribution in [0, 0.1) is 34.4 Å². The fraction of sp³-hybridized carbons (Fsp3) is 0.459. The first-order valence-electron chi connectivity index (χ1n) is 16.0. The van der Waals surface area contributed by atoms with Crippen LogP contribution in [0.25, 0.3) is 10.9 Å². The molecule has 6 nitrogen and oxygen atoms in total. The zero-order valence-electron chi connectivity index (χ0n) is 25.6. The van der Waals surface area contributed by atoms with Crippen molar-refractivity contribution in [1.29, 1.82) is 0 Å². The van der Waals surface area contributed by atoms with Crippen LogP contribution in [-0.4, -0.2) is 45.1 Å². The predicted molar refractivity (Wildman–Crippen MR) is 170 cm³/mol. The van der Waals surface area contributed by atoms with Crippen molar-refractivity contribution in [3.8, 4) is 0 Å². The maximum absolute atomic E-state index is 14.8. The number of allylic oxidation sites excluding steroid dienone is 1. The molecule has 1 heterocycles. The smallest absolute Gasteiger partial charge is 0.342 e. The lowest BCUT2D eigenvalue weighted by Gasteiger charge is -2.60. The number of pyridine rings is 1. The van der Waals surface area contributed by atoms with Crippen molar-refractivity contribution in [3.63, 3.8) is 0 Å². The number of esters is 1. The van der Waals surface area contributed by atoms with Crippen LogP contribution in [-0.2, 0) is 14.3 Å². The lowest BCUT2D eigenvalue weighted by Crippen LogP contribution is -2.63. The highest BCUT2D eigenvalue weighted by atomic mass is 32.2. The van der Waals surface area contributed by atoms with Gasteiger partial charge in [-0.25, -0.2) is 14.2 Å². The Bertz CT molecular complexity index is 1740. The molecule has 6 unspecified atom stereocenters. The molecule has 4 aliphatic carbocycles. The third-order valence-corrected chi connectivity index (χ3v) is 12.7. The highest BCUT2D eigenvalue weighted by Crippen LogP contribution is 2.68. The van der Waals surface area contributed by atoms with E-state index in [0.717, 1.165) is 29.3 Å². The summed E-state index contributed by atoms with van der Waals surface area (Å²) in [4.78, 5) is 45.3. The first-order chi connectivity index (χ1) is 21.6. The average Bonchev–Trinajstić information content (AvgIpc) is 3.32. The molecule has 0 saturated heterocycles. The molecule has 7 atom stereocenters. The van der Waals surface area contributed by atoms with Crippen LogP contribution in [0.5, 0.6) is 0 Å². The number of halogens is 1. The Morgan fingerprint density at radius 3 is 2.62 bits per heavy atom. The molecule has 3 fully saturated rings. The van der Waals surface area contributed by atoms with Crippen molar-refractivity contribution in [2.75, 3.05) is 5.75 Å². The number of carbonyl (C=O) groups excluding carboxylic acids is 3. The number of aliphatic hydroxyl groups excluding tert-OH is 1. The number of aromatic nitrogens is 1. The van der Waals surface area contributed by atoms with Gasteiger partial charge in [-0.15, -0.1) is 0 Å². The van der Waals surface area contributed by atoms with E-state index in [9.17, 15) is 23.9 Å². The van der Waals surface area contributed by atoms with Crippen LogP contribution in [0.4, 0.5) is 4.39 Å². The van der Waals surface area contributed by atoms with Crippen LogP contribution < -0.4 is 0 Å². The molecular weight excluding hydrogens is 589 g/mol. The van der Waals surface area contributed by atoms with Gasteiger partial charge in [-0.05, 0) is 92.0 Å². The maximum atomic E-state index is 14.8. The molecule has 234 valence electrons. The second-order valence-electron chi connectivity index (χ2n) is 13.9. The van der Waals surface area contributed by atoms with Crippen molar-refractivity contribution >= 4 is 40.2 Å². The number of para-hydroxylation sites is 1. The normalized spacial score (nSPS) is 34.0. The largest absolute Gasteiger partial charge is 0.447 e. The number of hydrogen-bond donors (Lipinski definition) is 1. The molecular formula is C37H38FNO5S. The zero-order valence-corrected chi connectivity index (χ0v) is 26.4. The Morgan fingerprint density at radius 2 is 1.80 bits per heavy atom. The van der Waals surface area contributed by atoms with E-state index in [1.54, 1.807) is 12.1 Å². The third-order valence-electron chi connectivity index (χ3n) is 11.8. The summed E-state index contributed by atoms with van der Waals surface area (Å²) >= 11 is 1.30. The van der Waals surface area contributed by atoms with Gasteiger partial charge in [-0.2, -0.15) is 0 Å². The summed E-state index contributed by atoms with van der Waals surface area (Å²) in [6, 6.07) is 17.3. The number of hydrogen-bond acceptors (Lipinski definition) is 7. The molecule has 3 aromatic rings. The van der Waals surface area contributed by atoms with Gasteiger partial charge < -0.3 is 9.84 Å². The molecule has 0 spiro atoms. The minimum atomic E-state index is -1.54. The van der Waals surface area contributed by atoms with Gasteiger partial charge in [0.05, 0.1) is 28.0 Å². The van der Waals surface area contributed by atoms with Crippen LogP contribution in [0.15, 0.2) is 77.3 Å². The Labute approximate surface area is 266 Å². The van der Waals surface area contributed by atoms with E-state index in [2.05, 4.69) is 6.92 Å². The van der Waals surface area contributed by atoms with Gasteiger partial charge in [0.25, 0.3) is 0 Å². The number of fused-ring (bicyclic) bond motifs is 6. The van der Waals surface area contributed by atoms with Crippen molar-refractivity contribution in [1.82, 2.24) is 4.98 Å². The van der Waals surface area contributed by atoms with E-state index in [4.69, 9.17) is 9.72 Å². The molecule has 0 radical (unpaired) electrons. The number of ketones is 2. The number of thioether (sulfide) groups is 1. The molecule has 4 aliphatic rings. The van der Waals surface area contributed by atoms with Crippen LogP contribution >= 0.6 is 11.8 Å². The Kier molecular flexibility index (Phi) is 7.52. The van der Waals surface area contributed by atoms with E-state index < -0.39 is 28.9 Å². The van der Waals surface area contributed by atoms with Gasteiger partial charge in [-0.1, -0.05) is 67.6 Å². The quantitative estimate of drug-likeness (QED) is 0.230. The standard InChI is InChI=1S/C37H38FNO5S/c1-35-17-15-24(40)19-23(35)12-13-25-27-16-18-37(36(27,2)20-30(41)33(25)35,44-34(43)26-8-4-5-9-28(26)38)31(42)21-45-32-14-11-22-7-3-6-10-29(22)39-32/h3-11,14,19,25,27,30,33,41H,12-13,15-18,20-21H2,1-2H3/t25?,27?,30?,33?,35?,36?,37-/m0/s1. The molecule has 1 N–H and O–H groups in total. The van der Waals surface area contributed by atoms with Gasteiger partial charge in [-0.3, -0.25) is 9.59 Å². The van der Waals surface area contributed by atoms with Crippen LogP contribution in [0.3, 0.4) is 0 Å². The molecule has 45 heavy (non-hydrogen) atoms. The average molecular weight is 628 g/mol. The van der Waals surface area contributed by atoms with Gasteiger partial charge in [0.15, 0.2) is 17.2 Å². The molecule has 3 saturated carbocycles. The number of ether oxygens (including phenoxy) is 1. The molecule has 1 aromatic heterocycles. The third kappa shape index (κ3) is 4.78. The Hall–Kier alpha value is -3.36. The van der Waals surface area contributed by atoms with E-state index in [0.29, 0.717) is 30.7 Å². The summed E-state index contributed by atoms with van der Waals surface area (Å²) in [5, 5.41) is 13.7. The minimum Gasteiger partial charge on any atom is -0.447 e. The monoisotopic (exact) mass is 627 g/mol. The fourth-order valence-electron chi connectivity index (χ4n) is 9.58. The molecule has 7 rings (SSSR count). The first kappa shape index (κ1) is 30.3.